The van der Waals surface area contributed by atoms with E-state index in [1.54, 1.807) is 0 Å². The van der Waals surface area contributed by atoms with Crippen LogP contribution in [0.4, 0.5) is 14.5 Å². The molecular weight excluding hydrogens is 304 g/mol. The first-order chi connectivity index (χ1) is 9.88. The van der Waals surface area contributed by atoms with Gasteiger partial charge in [-0.15, -0.1) is 0 Å². The predicted molar refractivity (Wildman–Crippen MR) is 70.8 cm³/mol. The van der Waals surface area contributed by atoms with Gasteiger partial charge in [0.25, 0.3) is 5.91 Å². The molecule has 1 amide bonds. The van der Waals surface area contributed by atoms with Gasteiger partial charge in [0.1, 0.15) is 11.4 Å². The highest BCUT2D eigenvalue weighted by Gasteiger charge is 2.37. The number of benzene rings is 1. The van der Waals surface area contributed by atoms with E-state index in [2.05, 4.69) is 5.32 Å². The number of rotatable bonds is 3. The van der Waals surface area contributed by atoms with Crippen LogP contribution in [0.2, 0.25) is 0 Å². The van der Waals surface area contributed by atoms with Gasteiger partial charge in [0.2, 0.25) is 5.82 Å². The van der Waals surface area contributed by atoms with E-state index in [1.807, 2.05) is 6.07 Å². The molecular formula is C12H9F2N3O3S. The van der Waals surface area contributed by atoms with Gasteiger partial charge in [-0.05, 0) is 18.2 Å². The van der Waals surface area contributed by atoms with Crippen molar-refractivity contribution in [2.24, 2.45) is 0 Å². The molecule has 2 rings (SSSR count). The first-order valence-corrected chi connectivity index (χ1v) is 6.99. The summed E-state index contributed by atoms with van der Waals surface area (Å²) in [6.45, 7) is 0. The maximum Gasteiger partial charge on any atom is 0.307 e. The van der Waals surface area contributed by atoms with E-state index in [4.69, 9.17) is 5.26 Å². The standard InChI is InChI=1S/C12H9F2N3O3S/c13-8-4-10(17(19)20)9(14)3-7(8)11(18)16-12(5-15)1-2-21-6-12/h3-4H,1-2,6H2,(H,16,18). The highest BCUT2D eigenvalue weighted by molar-refractivity contribution is 7.99. The average molecular weight is 313 g/mol. The third kappa shape index (κ3) is 2.95. The SMILES string of the molecule is N#CC1(NC(=O)c2cc(F)c([N+](=O)[O-])cc2F)CCSC1. The maximum atomic E-state index is 13.7. The Morgan fingerprint density at radius 1 is 1.48 bits per heavy atom. The Hall–Kier alpha value is -2.21. The summed E-state index contributed by atoms with van der Waals surface area (Å²) in [5, 5.41) is 22.0. The summed E-state index contributed by atoms with van der Waals surface area (Å²) in [4.78, 5) is 21.4. The third-order valence-corrected chi connectivity index (χ3v) is 4.26. The summed E-state index contributed by atoms with van der Waals surface area (Å²) < 4.78 is 27.2. The molecule has 0 bridgehead atoms. The number of halogens is 2. The van der Waals surface area contributed by atoms with E-state index in [0.29, 0.717) is 30.1 Å². The topological polar surface area (TPSA) is 96.0 Å². The maximum absolute atomic E-state index is 13.7. The van der Waals surface area contributed by atoms with E-state index in [0.717, 1.165) is 0 Å². The first kappa shape index (κ1) is 15.2. The summed E-state index contributed by atoms with van der Waals surface area (Å²) in [5.74, 6) is -2.46. The van der Waals surface area contributed by atoms with Crippen LogP contribution in [0.25, 0.3) is 0 Å². The molecule has 1 heterocycles. The molecule has 1 fully saturated rings. The van der Waals surface area contributed by atoms with Crippen LogP contribution in [0.1, 0.15) is 16.8 Å². The van der Waals surface area contributed by atoms with Gasteiger partial charge in [0, 0.05) is 5.75 Å². The Morgan fingerprint density at radius 3 is 2.71 bits per heavy atom. The molecule has 1 aromatic carbocycles. The Balaban J connectivity index is 2.30. The zero-order valence-electron chi connectivity index (χ0n) is 10.6. The van der Waals surface area contributed by atoms with Gasteiger partial charge in [-0.2, -0.15) is 21.4 Å². The fraction of sp³-hybridized carbons (Fsp3) is 0.333. The van der Waals surface area contributed by atoms with E-state index < -0.39 is 39.3 Å². The highest BCUT2D eigenvalue weighted by Crippen LogP contribution is 2.28. The summed E-state index contributed by atoms with van der Waals surface area (Å²) in [6, 6.07) is 2.79. The highest BCUT2D eigenvalue weighted by atomic mass is 32.2. The number of nitriles is 1. The van der Waals surface area contributed by atoms with Crippen molar-refractivity contribution in [1.82, 2.24) is 5.32 Å². The number of hydrogen-bond acceptors (Lipinski definition) is 5. The van der Waals surface area contributed by atoms with Crippen molar-refractivity contribution < 1.29 is 18.5 Å². The quantitative estimate of drug-likeness (QED) is 0.680. The van der Waals surface area contributed by atoms with Crippen LogP contribution >= 0.6 is 11.8 Å². The van der Waals surface area contributed by atoms with Crippen LogP contribution < -0.4 is 5.32 Å². The Labute approximate surface area is 122 Å². The number of nitro benzene ring substituents is 1. The number of nitro groups is 1. The molecule has 0 aromatic heterocycles. The molecule has 110 valence electrons. The third-order valence-electron chi connectivity index (χ3n) is 3.07. The molecule has 1 aromatic rings. The normalized spacial score (nSPS) is 20.8. The molecule has 1 atom stereocenters. The number of nitrogens with one attached hydrogen (secondary N) is 1. The number of carbonyl (C=O) groups is 1. The van der Waals surface area contributed by atoms with Crippen molar-refractivity contribution >= 4 is 23.4 Å². The molecule has 1 aliphatic rings. The largest absolute Gasteiger partial charge is 0.333 e. The summed E-state index contributed by atoms with van der Waals surface area (Å²) in [5.41, 5.74) is -2.83. The number of carbonyl (C=O) groups excluding carboxylic acids is 1. The zero-order chi connectivity index (χ0) is 15.6. The van der Waals surface area contributed by atoms with Gasteiger partial charge in [0.05, 0.1) is 22.6 Å². The lowest BCUT2D eigenvalue weighted by Gasteiger charge is -2.21. The first-order valence-electron chi connectivity index (χ1n) is 5.83. The molecule has 0 aliphatic carbocycles. The van der Waals surface area contributed by atoms with E-state index in [9.17, 15) is 23.7 Å². The molecule has 1 aliphatic heterocycles. The van der Waals surface area contributed by atoms with E-state index in [1.165, 1.54) is 11.8 Å². The van der Waals surface area contributed by atoms with Crippen LogP contribution in [0.5, 0.6) is 0 Å². The minimum absolute atomic E-state index is 0.353. The van der Waals surface area contributed by atoms with Gasteiger partial charge in [-0.25, -0.2) is 4.39 Å². The second kappa shape index (κ2) is 5.65. The van der Waals surface area contributed by atoms with Crippen molar-refractivity contribution in [3.63, 3.8) is 0 Å². The summed E-state index contributed by atoms with van der Waals surface area (Å²) in [7, 11) is 0. The fourth-order valence-electron chi connectivity index (χ4n) is 1.91. The van der Waals surface area contributed by atoms with Crippen molar-refractivity contribution in [2.45, 2.75) is 12.0 Å². The molecule has 1 unspecified atom stereocenters. The second-order valence-corrected chi connectivity index (χ2v) is 5.60. The van der Waals surface area contributed by atoms with E-state index in [-0.39, 0.29) is 0 Å². The summed E-state index contributed by atoms with van der Waals surface area (Å²) in [6.07, 6.45) is 0.400. The molecule has 6 nitrogen and oxygen atoms in total. The lowest BCUT2D eigenvalue weighted by atomic mass is 10.0. The van der Waals surface area contributed by atoms with Gasteiger partial charge < -0.3 is 5.32 Å². The molecule has 0 radical (unpaired) electrons. The lowest BCUT2D eigenvalue weighted by molar-refractivity contribution is -0.387. The Morgan fingerprint density at radius 2 is 2.19 bits per heavy atom. The number of nitrogens with zero attached hydrogens (tertiary/aromatic N) is 2. The average Bonchev–Trinajstić information content (AvgIpc) is 2.89. The van der Waals surface area contributed by atoms with Crippen molar-refractivity contribution in [3.8, 4) is 6.07 Å². The van der Waals surface area contributed by atoms with Crippen molar-refractivity contribution in [2.75, 3.05) is 11.5 Å². The van der Waals surface area contributed by atoms with Gasteiger partial charge in [0.15, 0.2) is 0 Å². The molecule has 21 heavy (non-hydrogen) atoms. The minimum atomic E-state index is -1.31. The molecule has 1 N–H and O–H groups in total. The molecule has 1 saturated heterocycles. The monoisotopic (exact) mass is 313 g/mol. The number of hydrogen-bond donors (Lipinski definition) is 1. The zero-order valence-corrected chi connectivity index (χ0v) is 11.4. The van der Waals surface area contributed by atoms with Crippen LogP contribution in [0.15, 0.2) is 12.1 Å². The van der Waals surface area contributed by atoms with Crippen molar-refractivity contribution in [3.05, 3.63) is 39.4 Å². The van der Waals surface area contributed by atoms with Crippen molar-refractivity contribution in [1.29, 1.82) is 5.26 Å². The Bertz CT molecular complexity index is 654. The molecule has 9 heteroatoms. The van der Waals surface area contributed by atoms with Crippen LogP contribution in [-0.4, -0.2) is 27.9 Å². The lowest BCUT2D eigenvalue weighted by Crippen LogP contribution is -2.47. The minimum Gasteiger partial charge on any atom is -0.333 e. The molecule has 0 spiro atoms. The number of thioether (sulfide) groups is 1. The summed E-state index contributed by atoms with van der Waals surface area (Å²) >= 11 is 1.46. The van der Waals surface area contributed by atoms with Gasteiger partial charge >= 0.3 is 5.69 Å². The second-order valence-electron chi connectivity index (χ2n) is 4.49. The molecule has 0 saturated carbocycles. The Kier molecular flexibility index (Phi) is 4.09. The van der Waals surface area contributed by atoms with Gasteiger partial charge in [-0.3, -0.25) is 14.9 Å². The number of amides is 1. The fourth-order valence-corrected chi connectivity index (χ4v) is 3.18. The van der Waals surface area contributed by atoms with Gasteiger partial charge in [-0.1, -0.05) is 0 Å². The smallest absolute Gasteiger partial charge is 0.307 e. The van der Waals surface area contributed by atoms with Crippen LogP contribution in [-0.2, 0) is 0 Å². The van der Waals surface area contributed by atoms with Crippen LogP contribution in [0, 0.1) is 33.1 Å². The van der Waals surface area contributed by atoms with Crippen LogP contribution in [0.3, 0.4) is 0 Å². The predicted octanol–water partition coefficient (Wildman–Crippen LogP) is 2.00. The van der Waals surface area contributed by atoms with E-state index >= 15 is 0 Å².